The summed E-state index contributed by atoms with van der Waals surface area (Å²) < 4.78 is 5.70. The SMILES string of the molecule is N#CC1=C(N)Oc2cccc3[nH]cc(c23)C1c1cccc([N+](=O)[O-])c1. The number of ether oxygens (including phenoxy) is 1. The molecule has 2 aromatic carbocycles. The van der Waals surface area contributed by atoms with Crippen LogP contribution in [0.5, 0.6) is 5.75 Å². The molecular formula is C18H12N4O3. The summed E-state index contributed by atoms with van der Waals surface area (Å²) in [6.45, 7) is 0. The van der Waals surface area contributed by atoms with E-state index >= 15 is 0 Å². The number of hydrogen-bond acceptors (Lipinski definition) is 5. The van der Waals surface area contributed by atoms with Gasteiger partial charge in [-0.2, -0.15) is 5.26 Å². The second kappa shape index (κ2) is 5.39. The molecule has 7 nitrogen and oxygen atoms in total. The third-order valence-corrected chi connectivity index (χ3v) is 4.32. The van der Waals surface area contributed by atoms with Crippen LogP contribution in [0.15, 0.2) is 60.1 Å². The van der Waals surface area contributed by atoms with Gasteiger partial charge in [-0.05, 0) is 23.3 Å². The van der Waals surface area contributed by atoms with Crippen LogP contribution in [0, 0.1) is 21.4 Å². The van der Waals surface area contributed by atoms with Gasteiger partial charge in [0.2, 0.25) is 5.88 Å². The lowest BCUT2D eigenvalue weighted by Gasteiger charge is -2.15. The maximum absolute atomic E-state index is 11.1. The fourth-order valence-corrected chi connectivity index (χ4v) is 3.24. The molecule has 3 aromatic rings. The molecule has 25 heavy (non-hydrogen) atoms. The molecule has 0 aliphatic carbocycles. The lowest BCUT2D eigenvalue weighted by Crippen LogP contribution is -2.13. The van der Waals surface area contributed by atoms with Crippen molar-refractivity contribution in [3.05, 3.63) is 81.4 Å². The molecule has 1 aliphatic heterocycles. The molecule has 1 unspecified atom stereocenters. The van der Waals surface area contributed by atoms with Crippen molar-refractivity contribution in [3.8, 4) is 11.8 Å². The van der Waals surface area contributed by atoms with Gasteiger partial charge >= 0.3 is 0 Å². The minimum atomic E-state index is -0.553. The third kappa shape index (κ3) is 2.20. The second-order valence-corrected chi connectivity index (χ2v) is 5.70. The Kier molecular flexibility index (Phi) is 3.18. The van der Waals surface area contributed by atoms with Crippen molar-refractivity contribution in [1.82, 2.24) is 4.98 Å². The number of hydrogen-bond donors (Lipinski definition) is 2. The normalized spacial score (nSPS) is 16.2. The molecule has 0 fully saturated rings. The number of nitro groups is 1. The van der Waals surface area contributed by atoms with Crippen molar-refractivity contribution in [3.63, 3.8) is 0 Å². The summed E-state index contributed by atoms with van der Waals surface area (Å²) in [5.74, 6) is -0.00284. The number of nitrogens with zero attached hydrogens (tertiary/aromatic N) is 2. The van der Waals surface area contributed by atoms with Crippen LogP contribution in [0.2, 0.25) is 0 Å². The molecule has 0 bridgehead atoms. The molecule has 0 radical (unpaired) electrons. The highest BCUT2D eigenvalue weighted by Crippen LogP contribution is 2.43. The van der Waals surface area contributed by atoms with Crippen LogP contribution in [0.4, 0.5) is 5.69 Å². The summed E-state index contributed by atoms with van der Waals surface area (Å²) in [4.78, 5) is 13.8. The summed E-state index contributed by atoms with van der Waals surface area (Å²) in [5.41, 5.74) is 8.44. The molecule has 0 saturated carbocycles. The number of rotatable bonds is 2. The summed E-state index contributed by atoms with van der Waals surface area (Å²) >= 11 is 0. The van der Waals surface area contributed by atoms with Gasteiger partial charge in [0.05, 0.1) is 10.8 Å². The Balaban J connectivity index is 2.03. The topological polar surface area (TPSA) is 118 Å². The van der Waals surface area contributed by atoms with E-state index in [0.29, 0.717) is 11.3 Å². The van der Waals surface area contributed by atoms with E-state index in [4.69, 9.17) is 10.5 Å². The predicted molar refractivity (Wildman–Crippen MR) is 90.7 cm³/mol. The number of nitriles is 1. The minimum absolute atomic E-state index is 0.00251. The Bertz CT molecular complexity index is 1090. The molecule has 1 aromatic heterocycles. The maximum Gasteiger partial charge on any atom is 0.269 e. The van der Waals surface area contributed by atoms with Gasteiger partial charge in [0.1, 0.15) is 17.4 Å². The quantitative estimate of drug-likeness (QED) is 0.551. The molecular weight excluding hydrogens is 320 g/mol. The number of nitro benzene ring substituents is 1. The predicted octanol–water partition coefficient (Wildman–Crippen LogP) is 3.29. The fourth-order valence-electron chi connectivity index (χ4n) is 3.24. The van der Waals surface area contributed by atoms with E-state index in [2.05, 4.69) is 11.1 Å². The average Bonchev–Trinajstić information content (AvgIpc) is 2.98. The van der Waals surface area contributed by atoms with Crippen molar-refractivity contribution in [2.24, 2.45) is 5.73 Å². The van der Waals surface area contributed by atoms with Gasteiger partial charge in [0.15, 0.2) is 0 Å². The van der Waals surface area contributed by atoms with Crippen LogP contribution in [0.1, 0.15) is 17.0 Å². The lowest BCUT2D eigenvalue weighted by atomic mass is 9.85. The highest BCUT2D eigenvalue weighted by atomic mass is 16.6. The van der Waals surface area contributed by atoms with Crippen LogP contribution in [0.3, 0.4) is 0 Å². The third-order valence-electron chi connectivity index (χ3n) is 4.32. The molecule has 1 aliphatic rings. The zero-order valence-corrected chi connectivity index (χ0v) is 12.9. The first-order valence-corrected chi connectivity index (χ1v) is 7.52. The Morgan fingerprint density at radius 2 is 2.08 bits per heavy atom. The van der Waals surface area contributed by atoms with Gasteiger partial charge in [-0.3, -0.25) is 10.1 Å². The zero-order valence-electron chi connectivity index (χ0n) is 12.9. The van der Waals surface area contributed by atoms with Gasteiger partial charge in [-0.15, -0.1) is 0 Å². The largest absolute Gasteiger partial charge is 0.440 e. The molecule has 0 amide bonds. The number of H-pyrrole nitrogens is 1. The summed E-state index contributed by atoms with van der Waals surface area (Å²) in [6.07, 6.45) is 1.79. The van der Waals surface area contributed by atoms with E-state index in [-0.39, 0.29) is 17.1 Å². The number of aromatic amines is 1. The molecule has 122 valence electrons. The van der Waals surface area contributed by atoms with E-state index < -0.39 is 10.8 Å². The average molecular weight is 332 g/mol. The van der Waals surface area contributed by atoms with E-state index in [9.17, 15) is 15.4 Å². The van der Waals surface area contributed by atoms with Crippen LogP contribution in [-0.4, -0.2) is 9.91 Å². The number of allylic oxidation sites excluding steroid dienone is 1. The Labute approximate surface area is 142 Å². The highest BCUT2D eigenvalue weighted by Gasteiger charge is 2.30. The summed E-state index contributed by atoms with van der Waals surface area (Å²) in [6, 6.07) is 13.8. The molecule has 0 spiro atoms. The van der Waals surface area contributed by atoms with Crippen molar-refractivity contribution >= 4 is 16.6 Å². The smallest absolute Gasteiger partial charge is 0.269 e. The van der Waals surface area contributed by atoms with Gasteiger partial charge in [-0.1, -0.05) is 18.2 Å². The highest BCUT2D eigenvalue weighted by molar-refractivity contribution is 5.91. The van der Waals surface area contributed by atoms with E-state index in [1.54, 1.807) is 24.4 Å². The van der Waals surface area contributed by atoms with E-state index in [1.807, 2.05) is 12.1 Å². The van der Waals surface area contributed by atoms with Gasteiger partial charge in [0, 0.05) is 29.2 Å². The molecule has 1 atom stereocenters. The van der Waals surface area contributed by atoms with Crippen LogP contribution in [0.25, 0.3) is 10.9 Å². The number of non-ortho nitro benzene ring substituents is 1. The van der Waals surface area contributed by atoms with Gasteiger partial charge < -0.3 is 15.5 Å². The van der Waals surface area contributed by atoms with Crippen LogP contribution in [-0.2, 0) is 0 Å². The lowest BCUT2D eigenvalue weighted by molar-refractivity contribution is -0.384. The van der Waals surface area contributed by atoms with Crippen molar-refractivity contribution in [1.29, 1.82) is 5.26 Å². The van der Waals surface area contributed by atoms with Crippen molar-refractivity contribution in [2.45, 2.75) is 5.92 Å². The molecule has 3 N–H and O–H groups in total. The number of nitrogens with two attached hydrogens (primary N) is 1. The first-order chi connectivity index (χ1) is 12.1. The first kappa shape index (κ1) is 14.8. The summed E-state index contributed by atoms with van der Waals surface area (Å²) in [5, 5.41) is 21.6. The van der Waals surface area contributed by atoms with Crippen LogP contribution >= 0.6 is 0 Å². The minimum Gasteiger partial charge on any atom is -0.440 e. The first-order valence-electron chi connectivity index (χ1n) is 7.52. The Morgan fingerprint density at radius 3 is 2.84 bits per heavy atom. The Morgan fingerprint density at radius 1 is 1.28 bits per heavy atom. The van der Waals surface area contributed by atoms with E-state index in [0.717, 1.165) is 16.5 Å². The summed E-state index contributed by atoms with van der Waals surface area (Å²) in [7, 11) is 0. The molecule has 7 heteroatoms. The van der Waals surface area contributed by atoms with Crippen molar-refractivity contribution < 1.29 is 9.66 Å². The number of nitrogens with one attached hydrogen (secondary N) is 1. The Hall–Kier alpha value is -3.79. The standard InChI is InChI=1S/C18H12N4O3/c19-8-12-16(10-3-1-4-11(7-10)22(23)24)13-9-21-14-5-2-6-15(17(13)14)25-18(12)20/h1-7,9,16,21H,20H2. The van der Waals surface area contributed by atoms with E-state index in [1.165, 1.54) is 12.1 Å². The molecule has 2 heterocycles. The monoisotopic (exact) mass is 332 g/mol. The zero-order chi connectivity index (χ0) is 17.6. The molecule has 0 saturated heterocycles. The molecule has 4 rings (SSSR count). The van der Waals surface area contributed by atoms with Gasteiger partial charge in [-0.25, -0.2) is 0 Å². The van der Waals surface area contributed by atoms with Gasteiger partial charge in [0.25, 0.3) is 5.69 Å². The van der Waals surface area contributed by atoms with Crippen LogP contribution < -0.4 is 10.5 Å². The number of benzene rings is 2. The number of aromatic nitrogens is 1. The van der Waals surface area contributed by atoms with Crippen molar-refractivity contribution in [2.75, 3.05) is 0 Å². The maximum atomic E-state index is 11.1. The second-order valence-electron chi connectivity index (χ2n) is 5.70. The fraction of sp³-hybridized carbons (Fsp3) is 0.0556.